The van der Waals surface area contributed by atoms with Crippen molar-refractivity contribution in [3.05, 3.63) is 29.8 Å². The van der Waals surface area contributed by atoms with Gasteiger partial charge in [-0.15, -0.1) is 0 Å². The molecule has 16 heavy (non-hydrogen) atoms. The normalized spacial score (nSPS) is 37.1. The third-order valence-corrected chi connectivity index (χ3v) is 4.56. The van der Waals surface area contributed by atoms with Gasteiger partial charge in [0.25, 0.3) is 0 Å². The summed E-state index contributed by atoms with van der Waals surface area (Å²) in [6, 6.07) is 8.54. The quantitative estimate of drug-likeness (QED) is 0.640. The molecular weight excluding hydrogens is 196 g/mol. The number of ether oxygens (including phenoxy) is 1. The largest absolute Gasteiger partial charge is 0.487 e. The van der Waals surface area contributed by atoms with Gasteiger partial charge in [0.2, 0.25) is 0 Å². The zero-order valence-corrected chi connectivity index (χ0v) is 10.2. The lowest BCUT2D eigenvalue weighted by atomic mass is 9.67. The van der Waals surface area contributed by atoms with Crippen LogP contribution in [0.1, 0.15) is 38.7 Å². The third-order valence-electron chi connectivity index (χ3n) is 4.56. The Balaban J connectivity index is 1.99. The maximum Gasteiger partial charge on any atom is 0.123 e. The summed E-state index contributed by atoms with van der Waals surface area (Å²) in [6.07, 6.45) is 5.10. The van der Waals surface area contributed by atoms with Crippen molar-refractivity contribution in [1.82, 2.24) is 0 Å². The Hall–Kier alpha value is -0.980. The molecule has 0 unspecified atom stereocenters. The number of para-hydroxylation sites is 1. The van der Waals surface area contributed by atoms with Crippen LogP contribution in [-0.2, 0) is 6.42 Å². The molecule has 0 radical (unpaired) electrons. The van der Waals surface area contributed by atoms with Gasteiger partial charge in [0.1, 0.15) is 11.4 Å². The fraction of sp³-hybridized carbons (Fsp3) is 0.600. The Labute approximate surface area is 97.8 Å². The summed E-state index contributed by atoms with van der Waals surface area (Å²) in [5.74, 6) is 2.62. The highest BCUT2D eigenvalue weighted by Crippen LogP contribution is 2.47. The van der Waals surface area contributed by atoms with Crippen molar-refractivity contribution in [1.29, 1.82) is 0 Å². The lowest BCUT2D eigenvalue weighted by molar-refractivity contribution is -0.0462. The Morgan fingerprint density at radius 3 is 3.00 bits per heavy atom. The number of fused-ring (bicyclic) bond motifs is 2. The number of benzene rings is 1. The van der Waals surface area contributed by atoms with E-state index in [2.05, 4.69) is 38.1 Å². The SMILES string of the molecule is C[C@H]1CCC[C@]2(C)Oc3ccccc3C[C@@H]12. The summed E-state index contributed by atoms with van der Waals surface area (Å²) in [7, 11) is 0. The van der Waals surface area contributed by atoms with E-state index in [-0.39, 0.29) is 5.60 Å². The van der Waals surface area contributed by atoms with E-state index in [1.54, 1.807) is 0 Å². The van der Waals surface area contributed by atoms with Gasteiger partial charge in [-0.25, -0.2) is 0 Å². The average molecular weight is 216 g/mol. The molecule has 0 bridgehead atoms. The second kappa shape index (κ2) is 3.51. The molecule has 0 N–H and O–H groups in total. The van der Waals surface area contributed by atoms with E-state index < -0.39 is 0 Å². The third kappa shape index (κ3) is 1.45. The minimum Gasteiger partial charge on any atom is -0.487 e. The summed E-state index contributed by atoms with van der Waals surface area (Å²) in [5, 5.41) is 0. The van der Waals surface area contributed by atoms with Gasteiger partial charge in [0, 0.05) is 5.92 Å². The summed E-state index contributed by atoms with van der Waals surface area (Å²) >= 11 is 0. The Bertz CT molecular complexity index is 398. The minimum absolute atomic E-state index is 0.0893. The van der Waals surface area contributed by atoms with E-state index in [1.807, 2.05) is 0 Å². The molecule has 0 saturated heterocycles. The van der Waals surface area contributed by atoms with Crippen LogP contribution in [-0.4, -0.2) is 5.60 Å². The first kappa shape index (κ1) is 10.2. The highest BCUT2D eigenvalue weighted by atomic mass is 16.5. The van der Waals surface area contributed by atoms with Crippen LogP contribution in [0, 0.1) is 11.8 Å². The highest BCUT2D eigenvalue weighted by Gasteiger charge is 2.45. The summed E-state index contributed by atoms with van der Waals surface area (Å²) in [4.78, 5) is 0. The molecule has 1 aromatic carbocycles. The van der Waals surface area contributed by atoms with Gasteiger partial charge in [-0.3, -0.25) is 0 Å². The molecule has 1 fully saturated rings. The van der Waals surface area contributed by atoms with Crippen molar-refractivity contribution in [3.8, 4) is 5.75 Å². The molecule has 0 spiro atoms. The first-order chi connectivity index (χ1) is 7.69. The topological polar surface area (TPSA) is 9.23 Å². The van der Waals surface area contributed by atoms with Gasteiger partial charge in [-0.05, 0) is 43.7 Å². The van der Waals surface area contributed by atoms with E-state index in [0.717, 1.165) is 11.7 Å². The maximum absolute atomic E-state index is 6.29. The Kier molecular flexibility index (Phi) is 2.24. The van der Waals surface area contributed by atoms with Crippen molar-refractivity contribution in [2.75, 3.05) is 0 Å². The van der Waals surface area contributed by atoms with Crippen LogP contribution in [0.5, 0.6) is 5.75 Å². The van der Waals surface area contributed by atoms with Gasteiger partial charge in [-0.1, -0.05) is 31.5 Å². The predicted octanol–water partition coefficient (Wildman–Crippen LogP) is 3.82. The van der Waals surface area contributed by atoms with Gasteiger partial charge in [-0.2, -0.15) is 0 Å². The van der Waals surface area contributed by atoms with Crippen molar-refractivity contribution in [2.24, 2.45) is 11.8 Å². The molecule has 3 rings (SSSR count). The van der Waals surface area contributed by atoms with Crippen molar-refractivity contribution in [2.45, 2.75) is 45.1 Å². The maximum atomic E-state index is 6.29. The van der Waals surface area contributed by atoms with E-state index in [9.17, 15) is 0 Å². The summed E-state index contributed by atoms with van der Waals surface area (Å²) in [5.41, 5.74) is 1.49. The molecule has 0 amide bonds. The van der Waals surface area contributed by atoms with E-state index in [1.165, 1.54) is 31.2 Å². The fourth-order valence-electron chi connectivity index (χ4n) is 3.57. The molecule has 3 atom stereocenters. The zero-order chi connectivity index (χ0) is 11.2. The number of hydrogen-bond acceptors (Lipinski definition) is 1. The van der Waals surface area contributed by atoms with Gasteiger partial charge < -0.3 is 4.74 Å². The van der Waals surface area contributed by atoms with Gasteiger partial charge in [0.05, 0.1) is 0 Å². The molecular formula is C15H20O. The first-order valence-corrected chi connectivity index (χ1v) is 6.46. The Morgan fingerprint density at radius 1 is 1.31 bits per heavy atom. The smallest absolute Gasteiger partial charge is 0.123 e. The monoisotopic (exact) mass is 216 g/mol. The molecule has 1 saturated carbocycles. The van der Waals surface area contributed by atoms with E-state index in [4.69, 9.17) is 4.74 Å². The molecule has 0 aromatic heterocycles. The van der Waals surface area contributed by atoms with Crippen LogP contribution in [0.25, 0.3) is 0 Å². The van der Waals surface area contributed by atoms with Crippen LogP contribution in [0.15, 0.2) is 24.3 Å². The van der Waals surface area contributed by atoms with E-state index in [0.29, 0.717) is 5.92 Å². The molecule has 1 aromatic rings. The van der Waals surface area contributed by atoms with Crippen LogP contribution >= 0.6 is 0 Å². The van der Waals surface area contributed by atoms with Crippen LogP contribution in [0.3, 0.4) is 0 Å². The number of hydrogen-bond donors (Lipinski definition) is 0. The molecule has 2 aliphatic rings. The molecule has 1 aliphatic carbocycles. The van der Waals surface area contributed by atoms with Crippen LogP contribution < -0.4 is 4.74 Å². The predicted molar refractivity (Wildman–Crippen MR) is 65.7 cm³/mol. The molecule has 86 valence electrons. The van der Waals surface area contributed by atoms with Crippen molar-refractivity contribution < 1.29 is 4.74 Å². The van der Waals surface area contributed by atoms with Crippen LogP contribution in [0.4, 0.5) is 0 Å². The lowest BCUT2D eigenvalue weighted by Crippen LogP contribution is -2.50. The zero-order valence-electron chi connectivity index (χ0n) is 10.2. The summed E-state index contributed by atoms with van der Waals surface area (Å²) < 4.78 is 6.29. The molecule has 1 nitrogen and oxygen atoms in total. The highest BCUT2D eigenvalue weighted by molar-refractivity contribution is 5.37. The first-order valence-electron chi connectivity index (χ1n) is 6.46. The standard InChI is InChI=1S/C15H20O/c1-11-6-5-9-15(2)13(11)10-12-7-3-4-8-14(12)16-15/h3-4,7-8,11,13H,5-6,9-10H2,1-2H3/t11-,13-,15-/m0/s1. The van der Waals surface area contributed by atoms with E-state index >= 15 is 0 Å². The molecule has 1 heterocycles. The molecule has 1 heteroatoms. The summed E-state index contributed by atoms with van der Waals surface area (Å²) in [6.45, 7) is 4.70. The second-order valence-electron chi connectivity index (χ2n) is 5.70. The molecule has 1 aliphatic heterocycles. The average Bonchev–Trinajstić information content (AvgIpc) is 2.27. The Morgan fingerprint density at radius 2 is 2.12 bits per heavy atom. The second-order valence-corrected chi connectivity index (χ2v) is 5.70. The van der Waals surface area contributed by atoms with Gasteiger partial charge >= 0.3 is 0 Å². The van der Waals surface area contributed by atoms with Gasteiger partial charge in [0.15, 0.2) is 0 Å². The van der Waals surface area contributed by atoms with Crippen molar-refractivity contribution >= 4 is 0 Å². The minimum atomic E-state index is 0.0893. The lowest BCUT2D eigenvalue weighted by Gasteiger charge is -2.48. The van der Waals surface area contributed by atoms with Crippen molar-refractivity contribution in [3.63, 3.8) is 0 Å². The number of rotatable bonds is 0. The van der Waals surface area contributed by atoms with Crippen LogP contribution in [0.2, 0.25) is 0 Å². The fourth-order valence-corrected chi connectivity index (χ4v) is 3.57.